The molecule has 0 bridgehead atoms. The van der Waals surface area contributed by atoms with Gasteiger partial charge in [-0.1, -0.05) is 30.3 Å². The number of halogens is 1. The summed E-state index contributed by atoms with van der Waals surface area (Å²) < 4.78 is 24.6. The topological polar surface area (TPSA) is 38.8 Å². The molecule has 5 heteroatoms. The van der Waals surface area contributed by atoms with Gasteiger partial charge in [-0.25, -0.2) is 4.39 Å². The lowest BCUT2D eigenvalue weighted by atomic mass is 10.1. The maximum atomic E-state index is 13.1. The van der Waals surface area contributed by atoms with Gasteiger partial charge in [0.25, 0.3) is 5.91 Å². The zero-order valence-corrected chi connectivity index (χ0v) is 13.2. The summed E-state index contributed by atoms with van der Waals surface area (Å²) in [6, 6.07) is 14.0. The molecule has 2 aromatic rings. The molecule has 0 aromatic heterocycles. The Labute approximate surface area is 139 Å². The second-order valence-corrected chi connectivity index (χ2v) is 6.11. The average molecular weight is 327 g/mol. The molecule has 2 heterocycles. The van der Waals surface area contributed by atoms with Crippen LogP contribution in [0.3, 0.4) is 0 Å². The molecule has 4 rings (SSSR count). The number of amides is 1. The van der Waals surface area contributed by atoms with E-state index >= 15 is 0 Å². The molecule has 1 saturated heterocycles. The lowest BCUT2D eigenvalue weighted by molar-refractivity contribution is -0.145. The molecule has 0 N–H and O–H groups in total. The molecule has 0 saturated carbocycles. The Bertz CT molecular complexity index is 722. The third-order valence-corrected chi connectivity index (χ3v) is 4.54. The zero-order chi connectivity index (χ0) is 16.5. The molecule has 0 aliphatic carbocycles. The standard InChI is InChI=1S/C19H18FNO3/c20-15-7-5-13(6-8-15)18-12-21(9-10-23-18)19(22)17-11-14-3-1-2-4-16(14)24-17/h1-8,17-18H,9-12H2/t17-,18+/m1/s1. The van der Waals surface area contributed by atoms with Gasteiger partial charge in [0.05, 0.1) is 13.2 Å². The maximum absolute atomic E-state index is 13.1. The van der Waals surface area contributed by atoms with Crippen molar-refractivity contribution in [2.24, 2.45) is 0 Å². The number of para-hydroxylation sites is 1. The molecule has 24 heavy (non-hydrogen) atoms. The summed E-state index contributed by atoms with van der Waals surface area (Å²) in [4.78, 5) is 14.6. The van der Waals surface area contributed by atoms with E-state index in [1.807, 2.05) is 24.3 Å². The summed E-state index contributed by atoms with van der Waals surface area (Å²) >= 11 is 0. The van der Waals surface area contributed by atoms with Crippen LogP contribution in [-0.2, 0) is 16.0 Å². The number of hydrogen-bond acceptors (Lipinski definition) is 3. The van der Waals surface area contributed by atoms with E-state index in [-0.39, 0.29) is 17.8 Å². The van der Waals surface area contributed by atoms with Crippen molar-refractivity contribution in [3.05, 3.63) is 65.5 Å². The van der Waals surface area contributed by atoms with Gasteiger partial charge in [-0.05, 0) is 29.3 Å². The molecule has 2 aliphatic rings. The third-order valence-electron chi connectivity index (χ3n) is 4.54. The fourth-order valence-electron chi connectivity index (χ4n) is 3.25. The monoisotopic (exact) mass is 327 g/mol. The quantitative estimate of drug-likeness (QED) is 0.851. The Morgan fingerprint density at radius 2 is 1.92 bits per heavy atom. The van der Waals surface area contributed by atoms with Crippen LogP contribution in [-0.4, -0.2) is 36.6 Å². The number of hydrogen-bond donors (Lipinski definition) is 0. The van der Waals surface area contributed by atoms with Crippen LogP contribution >= 0.6 is 0 Å². The minimum absolute atomic E-state index is 0.0124. The van der Waals surface area contributed by atoms with Crippen molar-refractivity contribution in [2.45, 2.75) is 18.6 Å². The van der Waals surface area contributed by atoms with Crippen LogP contribution in [0.5, 0.6) is 5.75 Å². The van der Waals surface area contributed by atoms with Crippen molar-refractivity contribution in [1.82, 2.24) is 4.90 Å². The maximum Gasteiger partial charge on any atom is 0.264 e. The van der Waals surface area contributed by atoms with E-state index in [9.17, 15) is 9.18 Å². The summed E-state index contributed by atoms with van der Waals surface area (Å²) in [6.07, 6.45) is -0.0884. The van der Waals surface area contributed by atoms with Crippen molar-refractivity contribution in [1.29, 1.82) is 0 Å². The van der Waals surface area contributed by atoms with Crippen LogP contribution in [0, 0.1) is 5.82 Å². The molecule has 124 valence electrons. The predicted molar refractivity (Wildman–Crippen MR) is 86.2 cm³/mol. The molecule has 0 unspecified atom stereocenters. The summed E-state index contributed by atoms with van der Waals surface area (Å²) in [7, 11) is 0. The molecule has 2 atom stereocenters. The van der Waals surface area contributed by atoms with Crippen molar-refractivity contribution in [3.8, 4) is 5.75 Å². The number of morpholine rings is 1. The number of carbonyl (C=O) groups is 1. The Morgan fingerprint density at radius 1 is 1.12 bits per heavy atom. The highest BCUT2D eigenvalue weighted by Gasteiger charge is 2.34. The Hall–Kier alpha value is -2.40. The fraction of sp³-hybridized carbons (Fsp3) is 0.316. The van der Waals surface area contributed by atoms with Gasteiger partial charge in [0.1, 0.15) is 17.7 Å². The van der Waals surface area contributed by atoms with E-state index in [4.69, 9.17) is 9.47 Å². The van der Waals surface area contributed by atoms with Gasteiger partial charge in [0.2, 0.25) is 0 Å². The van der Waals surface area contributed by atoms with E-state index in [2.05, 4.69) is 0 Å². The number of ether oxygens (including phenoxy) is 2. The Morgan fingerprint density at radius 3 is 2.71 bits per heavy atom. The van der Waals surface area contributed by atoms with Gasteiger partial charge < -0.3 is 14.4 Å². The van der Waals surface area contributed by atoms with Gasteiger partial charge in [-0.15, -0.1) is 0 Å². The molecule has 2 aliphatic heterocycles. The van der Waals surface area contributed by atoms with Gasteiger partial charge >= 0.3 is 0 Å². The van der Waals surface area contributed by atoms with Gasteiger partial charge in [-0.2, -0.15) is 0 Å². The first-order valence-electron chi connectivity index (χ1n) is 8.11. The van der Waals surface area contributed by atoms with E-state index < -0.39 is 6.10 Å². The second-order valence-electron chi connectivity index (χ2n) is 6.11. The highest BCUT2D eigenvalue weighted by atomic mass is 19.1. The predicted octanol–water partition coefficient (Wildman–Crippen LogP) is 2.73. The summed E-state index contributed by atoms with van der Waals surface area (Å²) in [5.74, 6) is 0.500. The fourth-order valence-corrected chi connectivity index (χ4v) is 3.25. The molecule has 2 aromatic carbocycles. The zero-order valence-electron chi connectivity index (χ0n) is 13.2. The number of benzene rings is 2. The molecule has 0 radical (unpaired) electrons. The number of carbonyl (C=O) groups excluding carboxylic acids is 1. The van der Waals surface area contributed by atoms with Crippen LogP contribution in [0.2, 0.25) is 0 Å². The Balaban J connectivity index is 1.45. The minimum atomic E-state index is -0.464. The first-order valence-corrected chi connectivity index (χ1v) is 8.11. The number of nitrogens with zero attached hydrogens (tertiary/aromatic N) is 1. The molecule has 0 spiro atoms. The van der Waals surface area contributed by atoms with E-state index in [1.165, 1.54) is 12.1 Å². The number of fused-ring (bicyclic) bond motifs is 1. The van der Waals surface area contributed by atoms with Crippen LogP contribution in [0.25, 0.3) is 0 Å². The highest BCUT2D eigenvalue weighted by Crippen LogP contribution is 2.30. The van der Waals surface area contributed by atoms with E-state index in [0.717, 1.165) is 16.9 Å². The smallest absolute Gasteiger partial charge is 0.264 e. The normalized spacial score (nSPS) is 22.8. The minimum Gasteiger partial charge on any atom is -0.480 e. The van der Waals surface area contributed by atoms with Crippen molar-refractivity contribution in [3.63, 3.8) is 0 Å². The summed E-state index contributed by atoms with van der Waals surface area (Å²) in [6.45, 7) is 1.47. The molecule has 1 fully saturated rings. The number of rotatable bonds is 2. The van der Waals surface area contributed by atoms with Crippen molar-refractivity contribution in [2.75, 3.05) is 19.7 Å². The molecular weight excluding hydrogens is 309 g/mol. The first-order chi connectivity index (χ1) is 11.7. The molecule has 4 nitrogen and oxygen atoms in total. The van der Waals surface area contributed by atoms with Crippen molar-refractivity contribution >= 4 is 5.91 Å². The van der Waals surface area contributed by atoms with Gasteiger partial charge in [0, 0.05) is 13.0 Å². The van der Waals surface area contributed by atoms with Crippen LogP contribution < -0.4 is 4.74 Å². The molecule has 1 amide bonds. The lowest BCUT2D eigenvalue weighted by Crippen LogP contribution is -2.47. The van der Waals surface area contributed by atoms with Crippen LogP contribution in [0.1, 0.15) is 17.2 Å². The van der Waals surface area contributed by atoms with E-state index in [1.54, 1.807) is 17.0 Å². The summed E-state index contributed by atoms with van der Waals surface area (Å²) in [5, 5.41) is 0. The van der Waals surface area contributed by atoms with Crippen molar-refractivity contribution < 1.29 is 18.7 Å². The lowest BCUT2D eigenvalue weighted by Gasteiger charge is -2.34. The third kappa shape index (κ3) is 2.87. The van der Waals surface area contributed by atoms with Gasteiger partial charge in [-0.3, -0.25) is 4.79 Å². The first kappa shape index (κ1) is 15.1. The Kier molecular flexibility index (Phi) is 3.94. The highest BCUT2D eigenvalue weighted by molar-refractivity contribution is 5.82. The van der Waals surface area contributed by atoms with Crippen LogP contribution in [0.15, 0.2) is 48.5 Å². The van der Waals surface area contributed by atoms with E-state index in [0.29, 0.717) is 26.1 Å². The largest absolute Gasteiger partial charge is 0.480 e. The second kappa shape index (κ2) is 6.24. The average Bonchev–Trinajstić information content (AvgIpc) is 3.06. The van der Waals surface area contributed by atoms with Gasteiger partial charge in [0.15, 0.2) is 6.10 Å². The summed E-state index contributed by atoms with van der Waals surface area (Å²) in [5.41, 5.74) is 1.95. The molecular formula is C19H18FNO3. The SMILES string of the molecule is O=C([C@H]1Cc2ccccc2O1)N1CCO[C@H](c2ccc(F)cc2)C1. The van der Waals surface area contributed by atoms with Crippen LogP contribution in [0.4, 0.5) is 4.39 Å².